The van der Waals surface area contributed by atoms with E-state index >= 15 is 0 Å². The van der Waals surface area contributed by atoms with Gasteiger partial charge in [0.05, 0.1) is 15.7 Å². The molecule has 5 nitrogen and oxygen atoms in total. The molecule has 8 heteroatoms. The molecular formula is C13H17BrN2O3S2. The third-order valence-corrected chi connectivity index (χ3v) is 6.43. The molecule has 1 aliphatic rings. The molecule has 0 bridgehead atoms. The van der Waals surface area contributed by atoms with Crippen molar-refractivity contribution in [2.24, 2.45) is 5.84 Å². The molecule has 1 aromatic rings. The number of nitrogens with one attached hydrogen (secondary N) is 1. The van der Waals surface area contributed by atoms with E-state index < -0.39 is 5.91 Å². The normalized spacial score (nSPS) is 15.0. The molecule has 0 saturated carbocycles. The minimum atomic E-state index is -0.393. The first-order valence-electron chi connectivity index (χ1n) is 6.47. The highest BCUT2D eigenvalue weighted by Gasteiger charge is 2.22. The highest BCUT2D eigenvalue weighted by Crippen LogP contribution is 2.48. The molecule has 0 spiro atoms. The molecule has 3 N–H and O–H groups in total. The number of carbonyl (C=O) groups excluding carboxylic acids is 1. The van der Waals surface area contributed by atoms with Gasteiger partial charge in [-0.2, -0.15) is 0 Å². The number of ether oxygens (including phenoxy) is 2. The van der Waals surface area contributed by atoms with Crippen LogP contribution in [0.4, 0.5) is 0 Å². The van der Waals surface area contributed by atoms with Crippen LogP contribution in [0.3, 0.4) is 0 Å². The monoisotopic (exact) mass is 392 g/mol. The molecule has 1 amide bonds. The Morgan fingerprint density at radius 3 is 2.76 bits per heavy atom. The number of nitrogens with two attached hydrogens (primary N) is 1. The number of thioether (sulfide) groups is 2. The first kappa shape index (κ1) is 16.8. The Morgan fingerprint density at radius 1 is 1.43 bits per heavy atom. The molecule has 1 aromatic carbocycles. The summed E-state index contributed by atoms with van der Waals surface area (Å²) in [5.41, 5.74) is 3.22. The van der Waals surface area contributed by atoms with Gasteiger partial charge < -0.3 is 9.47 Å². The quantitative estimate of drug-likeness (QED) is 0.440. The molecule has 1 heterocycles. The lowest BCUT2D eigenvalue weighted by Crippen LogP contribution is -2.34. The lowest BCUT2D eigenvalue weighted by atomic mass is 10.2. The van der Waals surface area contributed by atoms with Crippen LogP contribution in [-0.2, 0) is 4.79 Å². The van der Waals surface area contributed by atoms with Crippen LogP contribution in [0.1, 0.15) is 17.1 Å². The van der Waals surface area contributed by atoms with E-state index in [-0.39, 0.29) is 6.61 Å². The predicted molar refractivity (Wildman–Crippen MR) is 90.8 cm³/mol. The minimum absolute atomic E-state index is 0.151. The first-order chi connectivity index (χ1) is 10.2. The molecule has 0 unspecified atom stereocenters. The van der Waals surface area contributed by atoms with Crippen molar-refractivity contribution in [3.8, 4) is 11.5 Å². The molecule has 21 heavy (non-hydrogen) atoms. The van der Waals surface area contributed by atoms with Gasteiger partial charge in [-0.3, -0.25) is 10.2 Å². The Labute approximate surface area is 140 Å². The van der Waals surface area contributed by atoms with E-state index in [0.29, 0.717) is 22.7 Å². The summed E-state index contributed by atoms with van der Waals surface area (Å²) in [4.78, 5) is 11.2. The second-order valence-corrected chi connectivity index (χ2v) is 7.77. The van der Waals surface area contributed by atoms with E-state index in [1.165, 1.54) is 5.56 Å². The number of carbonyl (C=O) groups is 1. The van der Waals surface area contributed by atoms with Crippen molar-refractivity contribution in [1.82, 2.24) is 5.43 Å². The van der Waals surface area contributed by atoms with Crippen molar-refractivity contribution in [3.63, 3.8) is 0 Å². The standard InChI is InChI=1S/C13H17BrN2O3S2/c1-2-18-10-6-8(13-20-3-4-21-13)5-9(14)12(10)19-7-11(17)16-15/h5-6,13H,2-4,7,15H2,1H3,(H,16,17). The lowest BCUT2D eigenvalue weighted by molar-refractivity contribution is -0.123. The van der Waals surface area contributed by atoms with Gasteiger partial charge in [0.2, 0.25) is 0 Å². The van der Waals surface area contributed by atoms with Gasteiger partial charge in [-0.1, -0.05) is 0 Å². The van der Waals surface area contributed by atoms with Crippen molar-refractivity contribution in [2.75, 3.05) is 24.7 Å². The van der Waals surface area contributed by atoms with E-state index in [0.717, 1.165) is 16.0 Å². The van der Waals surface area contributed by atoms with Gasteiger partial charge in [-0.15, -0.1) is 23.5 Å². The topological polar surface area (TPSA) is 73.6 Å². The molecule has 0 atom stereocenters. The highest BCUT2D eigenvalue weighted by atomic mass is 79.9. The fraction of sp³-hybridized carbons (Fsp3) is 0.462. The zero-order chi connectivity index (χ0) is 15.2. The van der Waals surface area contributed by atoms with Gasteiger partial charge >= 0.3 is 0 Å². The van der Waals surface area contributed by atoms with E-state index in [2.05, 4.69) is 15.9 Å². The SMILES string of the molecule is CCOc1cc(C2SCCS2)cc(Br)c1OCC(=O)NN. The van der Waals surface area contributed by atoms with E-state index in [9.17, 15) is 4.79 Å². The number of rotatable bonds is 6. The molecule has 1 aliphatic heterocycles. The number of amides is 1. The number of halogens is 1. The van der Waals surface area contributed by atoms with Crippen molar-refractivity contribution in [1.29, 1.82) is 0 Å². The van der Waals surface area contributed by atoms with Gasteiger partial charge in [-0.05, 0) is 40.5 Å². The molecule has 0 aliphatic carbocycles. The van der Waals surface area contributed by atoms with Crippen LogP contribution in [-0.4, -0.2) is 30.6 Å². The molecule has 0 aromatic heterocycles. The smallest absolute Gasteiger partial charge is 0.271 e. The van der Waals surface area contributed by atoms with Crippen LogP contribution in [0.2, 0.25) is 0 Å². The zero-order valence-electron chi connectivity index (χ0n) is 11.6. The maximum Gasteiger partial charge on any atom is 0.271 e. The van der Waals surface area contributed by atoms with Crippen LogP contribution in [0, 0.1) is 0 Å². The van der Waals surface area contributed by atoms with Gasteiger partial charge in [0.1, 0.15) is 0 Å². The average molecular weight is 393 g/mol. The summed E-state index contributed by atoms with van der Waals surface area (Å²) in [6, 6.07) is 4.01. The van der Waals surface area contributed by atoms with Crippen molar-refractivity contribution in [3.05, 3.63) is 22.2 Å². The minimum Gasteiger partial charge on any atom is -0.490 e. The summed E-state index contributed by atoms with van der Waals surface area (Å²) in [6.45, 7) is 2.29. The molecule has 2 rings (SSSR count). The number of hydrogen-bond acceptors (Lipinski definition) is 6. The Kier molecular flexibility index (Phi) is 6.53. The Bertz CT molecular complexity index is 510. The van der Waals surface area contributed by atoms with Gasteiger partial charge in [0.15, 0.2) is 18.1 Å². The largest absolute Gasteiger partial charge is 0.490 e. The lowest BCUT2D eigenvalue weighted by Gasteiger charge is -2.17. The summed E-state index contributed by atoms with van der Waals surface area (Å²) in [6.07, 6.45) is 0. The van der Waals surface area contributed by atoms with E-state index in [1.54, 1.807) is 0 Å². The fourth-order valence-electron chi connectivity index (χ4n) is 1.86. The summed E-state index contributed by atoms with van der Waals surface area (Å²) in [5, 5.41) is 0. The average Bonchev–Trinajstić information content (AvgIpc) is 3.00. The Hall–Kier alpha value is -0.570. The Morgan fingerprint density at radius 2 is 2.14 bits per heavy atom. The van der Waals surface area contributed by atoms with Gasteiger partial charge in [-0.25, -0.2) is 5.84 Å². The van der Waals surface area contributed by atoms with Crippen molar-refractivity contribution in [2.45, 2.75) is 11.5 Å². The molecule has 1 fully saturated rings. The third-order valence-electron chi connectivity index (χ3n) is 2.73. The maximum absolute atomic E-state index is 11.2. The first-order valence-corrected chi connectivity index (χ1v) is 9.36. The van der Waals surface area contributed by atoms with E-state index in [4.69, 9.17) is 15.3 Å². The molecule has 116 valence electrons. The zero-order valence-corrected chi connectivity index (χ0v) is 14.8. The molecule has 0 radical (unpaired) electrons. The predicted octanol–water partition coefficient (Wildman–Crippen LogP) is 2.70. The van der Waals surface area contributed by atoms with Gasteiger partial charge in [0, 0.05) is 11.5 Å². The summed E-state index contributed by atoms with van der Waals surface area (Å²) >= 11 is 7.35. The van der Waals surface area contributed by atoms with Crippen LogP contribution < -0.4 is 20.7 Å². The van der Waals surface area contributed by atoms with Crippen LogP contribution in [0.5, 0.6) is 11.5 Å². The third kappa shape index (κ3) is 4.45. The van der Waals surface area contributed by atoms with Crippen molar-refractivity contribution < 1.29 is 14.3 Å². The molecule has 1 saturated heterocycles. The van der Waals surface area contributed by atoms with E-state index in [1.807, 2.05) is 48.0 Å². The number of benzene rings is 1. The highest BCUT2D eigenvalue weighted by molar-refractivity contribution is 9.10. The fourth-order valence-corrected chi connectivity index (χ4v) is 5.25. The summed E-state index contributed by atoms with van der Waals surface area (Å²) < 4.78 is 12.4. The molecular weight excluding hydrogens is 376 g/mol. The Balaban J connectivity index is 2.23. The number of hydrazine groups is 1. The van der Waals surface area contributed by atoms with Crippen LogP contribution >= 0.6 is 39.5 Å². The van der Waals surface area contributed by atoms with Gasteiger partial charge in [0.25, 0.3) is 5.91 Å². The van der Waals surface area contributed by atoms with Crippen LogP contribution in [0.25, 0.3) is 0 Å². The second-order valence-electron chi connectivity index (χ2n) is 4.19. The number of hydrogen-bond donors (Lipinski definition) is 2. The van der Waals surface area contributed by atoms with Crippen molar-refractivity contribution >= 4 is 45.4 Å². The maximum atomic E-state index is 11.2. The second kappa shape index (κ2) is 8.17. The summed E-state index contributed by atoms with van der Waals surface area (Å²) in [7, 11) is 0. The summed E-state index contributed by atoms with van der Waals surface area (Å²) in [5.74, 6) is 8.14. The van der Waals surface area contributed by atoms with Crippen LogP contribution in [0.15, 0.2) is 16.6 Å².